The van der Waals surface area contributed by atoms with Gasteiger partial charge in [-0.3, -0.25) is 0 Å². The lowest BCUT2D eigenvalue weighted by Gasteiger charge is -2.23. The van der Waals surface area contributed by atoms with Crippen molar-refractivity contribution in [3.05, 3.63) is 71.3 Å². The standard InChI is InChI=1S/C20H22O/c1-3-15(2)16-11-13-18(14-12-16)21-20-10-6-8-17-7-4-5-9-19(17)20/h4-9,11-15,20H,3,10H2,1-2H3. The van der Waals surface area contributed by atoms with Crippen molar-refractivity contribution in [2.24, 2.45) is 0 Å². The summed E-state index contributed by atoms with van der Waals surface area (Å²) in [5.41, 5.74) is 3.93. The SMILES string of the molecule is CCC(C)c1ccc(OC2CC=Cc3ccccc32)cc1. The van der Waals surface area contributed by atoms with E-state index in [1.54, 1.807) is 0 Å². The summed E-state index contributed by atoms with van der Waals surface area (Å²) in [5.74, 6) is 1.56. The van der Waals surface area contributed by atoms with Gasteiger partial charge in [0.25, 0.3) is 0 Å². The average Bonchev–Trinajstić information content (AvgIpc) is 2.55. The topological polar surface area (TPSA) is 9.23 Å². The van der Waals surface area contributed by atoms with Crippen LogP contribution in [-0.2, 0) is 0 Å². The predicted molar refractivity (Wildman–Crippen MR) is 88.6 cm³/mol. The van der Waals surface area contributed by atoms with Crippen molar-refractivity contribution in [3.8, 4) is 5.75 Å². The lowest BCUT2D eigenvalue weighted by atomic mass is 9.95. The van der Waals surface area contributed by atoms with Crippen molar-refractivity contribution < 1.29 is 4.74 Å². The largest absolute Gasteiger partial charge is 0.485 e. The molecule has 0 fully saturated rings. The molecular weight excluding hydrogens is 256 g/mol. The van der Waals surface area contributed by atoms with Gasteiger partial charge in [-0.05, 0) is 41.2 Å². The fourth-order valence-corrected chi connectivity index (χ4v) is 2.79. The van der Waals surface area contributed by atoms with Gasteiger partial charge in [0.15, 0.2) is 0 Å². The minimum absolute atomic E-state index is 0.126. The molecule has 1 aliphatic rings. The second kappa shape index (κ2) is 6.17. The van der Waals surface area contributed by atoms with Gasteiger partial charge in [-0.25, -0.2) is 0 Å². The van der Waals surface area contributed by atoms with Crippen LogP contribution < -0.4 is 4.74 Å². The van der Waals surface area contributed by atoms with Crippen LogP contribution in [0.1, 0.15) is 55.4 Å². The molecule has 21 heavy (non-hydrogen) atoms. The normalized spacial score (nSPS) is 18.1. The smallest absolute Gasteiger partial charge is 0.128 e. The molecule has 2 aromatic rings. The van der Waals surface area contributed by atoms with Gasteiger partial charge in [0.2, 0.25) is 0 Å². The Morgan fingerprint density at radius 1 is 1.10 bits per heavy atom. The average molecular weight is 278 g/mol. The Kier molecular flexibility index (Phi) is 4.10. The Balaban J connectivity index is 1.77. The molecule has 1 heteroatoms. The minimum atomic E-state index is 0.126. The van der Waals surface area contributed by atoms with Crippen molar-refractivity contribution in [2.45, 2.75) is 38.7 Å². The molecule has 0 heterocycles. The maximum Gasteiger partial charge on any atom is 0.128 e. The number of rotatable bonds is 4. The Morgan fingerprint density at radius 3 is 2.62 bits per heavy atom. The maximum absolute atomic E-state index is 6.20. The van der Waals surface area contributed by atoms with E-state index in [4.69, 9.17) is 4.74 Å². The van der Waals surface area contributed by atoms with Crippen LogP contribution in [0.2, 0.25) is 0 Å². The molecule has 0 radical (unpaired) electrons. The highest BCUT2D eigenvalue weighted by Crippen LogP contribution is 2.32. The van der Waals surface area contributed by atoms with Gasteiger partial charge in [-0.1, -0.05) is 62.4 Å². The van der Waals surface area contributed by atoms with E-state index in [0.29, 0.717) is 5.92 Å². The molecular formula is C20H22O. The van der Waals surface area contributed by atoms with E-state index in [2.05, 4.69) is 74.5 Å². The molecule has 0 N–H and O–H groups in total. The predicted octanol–water partition coefficient (Wildman–Crippen LogP) is 5.74. The van der Waals surface area contributed by atoms with Crippen LogP contribution >= 0.6 is 0 Å². The summed E-state index contributed by atoms with van der Waals surface area (Å²) in [6, 6.07) is 17.0. The number of ether oxygens (including phenoxy) is 1. The molecule has 0 spiro atoms. The molecule has 108 valence electrons. The zero-order valence-corrected chi connectivity index (χ0v) is 12.8. The van der Waals surface area contributed by atoms with E-state index >= 15 is 0 Å². The zero-order valence-electron chi connectivity index (χ0n) is 12.8. The third kappa shape index (κ3) is 3.02. The lowest BCUT2D eigenvalue weighted by Crippen LogP contribution is -2.10. The minimum Gasteiger partial charge on any atom is -0.485 e. The fourth-order valence-electron chi connectivity index (χ4n) is 2.79. The molecule has 2 atom stereocenters. The Bertz CT molecular complexity index is 625. The van der Waals surface area contributed by atoms with E-state index < -0.39 is 0 Å². The number of fused-ring (bicyclic) bond motifs is 1. The summed E-state index contributed by atoms with van der Waals surface area (Å²) < 4.78 is 6.20. The van der Waals surface area contributed by atoms with Gasteiger partial charge in [0, 0.05) is 6.42 Å². The molecule has 0 aromatic heterocycles. The molecule has 0 bridgehead atoms. The fraction of sp³-hybridized carbons (Fsp3) is 0.300. The summed E-state index contributed by atoms with van der Waals surface area (Å²) in [6.07, 6.45) is 6.60. The second-order valence-electron chi connectivity index (χ2n) is 5.75. The van der Waals surface area contributed by atoms with Crippen LogP contribution in [0.25, 0.3) is 6.08 Å². The highest BCUT2D eigenvalue weighted by atomic mass is 16.5. The van der Waals surface area contributed by atoms with E-state index in [-0.39, 0.29) is 6.10 Å². The van der Waals surface area contributed by atoms with Crippen molar-refractivity contribution in [1.82, 2.24) is 0 Å². The highest BCUT2D eigenvalue weighted by Gasteiger charge is 2.18. The third-order valence-electron chi connectivity index (χ3n) is 4.33. The van der Waals surface area contributed by atoms with E-state index in [0.717, 1.165) is 12.2 Å². The highest BCUT2D eigenvalue weighted by molar-refractivity contribution is 5.57. The number of benzene rings is 2. The quantitative estimate of drug-likeness (QED) is 0.693. The lowest BCUT2D eigenvalue weighted by molar-refractivity contribution is 0.208. The van der Waals surface area contributed by atoms with E-state index in [1.165, 1.54) is 23.1 Å². The van der Waals surface area contributed by atoms with E-state index in [1.807, 2.05) is 0 Å². The number of hydrogen-bond acceptors (Lipinski definition) is 1. The van der Waals surface area contributed by atoms with Crippen LogP contribution in [0.4, 0.5) is 0 Å². The molecule has 0 amide bonds. The molecule has 2 unspecified atom stereocenters. The molecule has 3 rings (SSSR count). The molecule has 0 saturated heterocycles. The Hall–Kier alpha value is -2.02. The molecule has 0 aliphatic heterocycles. The van der Waals surface area contributed by atoms with Crippen molar-refractivity contribution in [3.63, 3.8) is 0 Å². The van der Waals surface area contributed by atoms with Gasteiger partial charge >= 0.3 is 0 Å². The van der Waals surface area contributed by atoms with Gasteiger partial charge in [0.1, 0.15) is 11.9 Å². The summed E-state index contributed by atoms with van der Waals surface area (Å²) in [6.45, 7) is 4.48. The summed E-state index contributed by atoms with van der Waals surface area (Å²) in [5, 5.41) is 0. The first-order chi connectivity index (χ1) is 10.3. The van der Waals surface area contributed by atoms with Gasteiger partial charge in [-0.15, -0.1) is 0 Å². The zero-order chi connectivity index (χ0) is 14.7. The van der Waals surface area contributed by atoms with Gasteiger partial charge in [0.05, 0.1) is 0 Å². The molecule has 1 aliphatic carbocycles. The maximum atomic E-state index is 6.20. The monoisotopic (exact) mass is 278 g/mol. The molecule has 2 aromatic carbocycles. The van der Waals surface area contributed by atoms with Crippen LogP contribution in [0.5, 0.6) is 5.75 Å². The number of hydrogen-bond donors (Lipinski definition) is 0. The molecule has 0 saturated carbocycles. The van der Waals surface area contributed by atoms with E-state index in [9.17, 15) is 0 Å². The summed E-state index contributed by atoms with van der Waals surface area (Å²) >= 11 is 0. The Labute approximate surface area is 127 Å². The first-order valence-electron chi connectivity index (χ1n) is 7.80. The summed E-state index contributed by atoms with van der Waals surface area (Å²) in [7, 11) is 0. The van der Waals surface area contributed by atoms with Crippen LogP contribution in [0, 0.1) is 0 Å². The van der Waals surface area contributed by atoms with Crippen LogP contribution in [-0.4, -0.2) is 0 Å². The van der Waals surface area contributed by atoms with Gasteiger partial charge < -0.3 is 4.74 Å². The second-order valence-corrected chi connectivity index (χ2v) is 5.75. The van der Waals surface area contributed by atoms with Crippen molar-refractivity contribution in [2.75, 3.05) is 0 Å². The van der Waals surface area contributed by atoms with Gasteiger partial charge in [-0.2, -0.15) is 0 Å². The first-order valence-corrected chi connectivity index (χ1v) is 7.80. The summed E-state index contributed by atoms with van der Waals surface area (Å²) in [4.78, 5) is 0. The van der Waals surface area contributed by atoms with Crippen LogP contribution in [0.15, 0.2) is 54.6 Å². The van der Waals surface area contributed by atoms with Crippen molar-refractivity contribution >= 4 is 6.08 Å². The van der Waals surface area contributed by atoms with Crippen LogP contribution in [0.3, 0.4) is 0 Å². The first kappa shape index (κ1) is 13.9. The third-order valence-corrected chi connectivity index (χ3v) is 4.33. The Morgan fingerprint density at radius 2 is 1.86 bits per heavy atom. The van der Waals surface area contributed by atoms with Crippen molar-refractivity contribution in [1.29, 1.82) is 0 Å². The molecule has 1 nitrogen and oxygen atoms in total.